The lowest BCUT2D eigenvalue weighted by Gasteiger charge is -2.36. The van der Waals surface area contributed by atoms with E-state index < -0.39 is 29.7 Å². The molecule has 4 nitrogen and oxygen atoms in total. The number of carbonyl (C=O) groups excluding carboxylic acids is 1. The lowest BCUT2D eigenvalue weighted by Crippen LogP contribution is -2.37. The Morgan fingerprint density at radius 2 is 1.76 bits per heavy atom. The van der Waals surface area contributed by atoms with Crippen LogP contribution in [0.3, 0.4) is 0 Å². The minimum absolute atomic E-state index is 0.0556. The second-order valence-corrected chi connectivity index (χ2v) is 10.1. The number of allylic oxidation sites excluding steroid dienone is 1. The molecule has 3 aliphatic rings. The molecular formula is C26H34F4N2O2. The number of hydrogen-bond donors (Lipinski definition) is 2. The molecule has 3 atom stereocenters. The van der Waals surface area contributed by atoms with E-state index in [0.29, 0.717) is 24.2 Å². The molecule has 1 aromatic rings. The Kier molecular flexibility index (Phi) is 7.55. The van der Waals surface area contributed by atoms with E-state index in [2.05, 4.69) is 5.32 Å². The molecule has 2 N–H and O–H groups in total. The Bertz CT molecular complexity index is 924. The lowest BCUT2D eigenvalue weighted by atomic mass is 9.85. The number of halogens is 4. The highest BCUT2D eigenvalue weighted by molar-refractivity contribution is 5.95. The highest BCUT2D eigenvalue weighted by Crippen LogP contribution is 2.43. The second-order valence-electron chi connectivity index (χ2n) is 10.1. The van der Waals surface area contributed by atoms with Crippen LogP contribution in [0.5, 0.6) is 0 Å². The van der Waals surface area contributed by atoms with Gasteiger partial charge in [-0.1, -0.05) is 32.1 Å². The second kappa shape index (κ2) is 10.3. The standard InChI is InChI=1S/C26H34F4N2O2/c1-16-20(25(34)31-19-8-3-2-4-9-19)14-23(32(16)15-17-7-5-6-10-24(17)33)21-13-18(26(28,29)30)11-12-22(21)27/h11-13,17,19,23-24,33H,2-10,14-15H2,1H3,(H,31,34)/t17-,23?,24-/m1/s1. The number of benzene rings is 1. The van der Waals surface area contributed by atoms with Crippen molar-refractivity contribution < 1.29 is 27.5 Å². The summed E-state index contributed by atoms with van der Waals surface area (Å²) in [6, 6.07) is 1.86. The van der Waals surface area contributed by atoms with Crippen molar-refractivity contribution in [3.8, 4) is 0 Å². The van der Waals surface area contributed by atoms with Gasteiger partial charge in [-0.05, 0) is 50.8 Å². The third-order valence-electron chi connectivity index (χ3n) is 7.84. The van der Waals surface area contributed by atoms with Gasteiger partial charge in [0.25, 0.3) is 0 Å². The third-order valence-corrected chi connectivity index (χ3v) is 7.84. The molecule has 0 aromatic heterocycles. The Morgan fingerprint density at radius 1 is 1.09 bits per heavy atom. The van der Waals surface area contributed by atoms with E-state index in [4.69, 9.17) is 0 Å². The Morgan fingerprint density at radius 3 is 2.44 bits per heavy atom. The molecule has 0 saturated heterocycles. The molecule has 2 fully saturated rings. The number of hydrogen-bond acceptors (Lipinski definition) is 3. The fourth-order valence-electron chi connectivity index (χ4n) is 5.81. The zero-order valence-electron chi connectivity index (χ0n) is 19.6. The molecule has 0 bridgehead atoms. The van der Waals surface area contributed by atoms with Crippen molar-refractivity contribution in [2.45, 2.75) is 95.5 Å². The molecule has 34 heavy (non-hydrogen) atoms. The Hall–Kier alpha value is -2.09. The first kappa shape index (κ1) is 25.0. The van der Waals surface area contributed by atoms with E-state index in [9.17, 15) is 27.5 Å². The number of aliphatic hydroxyl groups is 1. The number of aliphatic hydroxyl groups excluding tert-OH is 1. The van der Waals surface area contributed by atoms with Crippen LogP contribution in [0.15, 0.2) is 29.5 Å². The smallest absolute Gasteiger partial charge is 0.393 e. The molecule has 188 valence electrons. The van der Waals surface area contributed by atoms with Gasteiger partial charge in [-0.15, -0.1) is 0 Å². The number of carbonyl (C=O) groups is 1. The molecule has 0 spiro atoms. The summed E-state index contributed by atoms with van der Waals surface area (Å²) < 4.78 is 55.1. The van der Waals surface area contributed by atoms with E-state index >= 15 is 0 Å². The summed E-state index contributed by atoms with van der Waals surface area (Å²) >= 11 is 0. The molecule has 1 unspecified atom stereocenters. The molecule has 1 heterocycles. The highest BCUT2D eigenvalue weighted by atomic mass is 19.4. The molecule has 1 aliphatic heterocycles. The van der Waals surface area contributed by atoms with Crippen molar-refractivity contribution >= 4 is 5.91 Å². The molecule has 1 amide bonds. The largest absolute Gasteiger partial charge is 0.416 e. The number of alkyl halides is 3. The third kappa shape index (κ3) is 5.42. The summed E-state index contributed by atoms with van der Waals surface area (Å²) in [6.45, 7) is 2.17. The lowest BCUT2D eigenvalue weighted by molar-refractivity contribution is -0.137. The minimum Gasteiger partial charge on any atom is -0.393 e. The predicted octanol–water partition coefficient (Wildman–Crippen LogP) is 5.87. The molecular weight excluding hydrogens is 448 g/mol. The molecule has 1 aromatic carbocycles. The van der Waals surface area contributed by atoms with Gasteiger partial charge in [-0.2, -0.15) is 13.2 Å². The summed E-state index contributed by atoms with van der Waals surface area (Å²) in [4.78, 5) is 15.0. The maximum atomic E-state index is 14.9. The maximum Gasteiger partial charge on any atom is 0.416 e. The summed E-state index contributed by atoms with van der Waals surface area (Å²) in [5, 5.41) is 13.6. The van der Waals surface area contributed by atoms with Crippen molar-refractivity contribution in [2.75, 3.05) is 6.54 Å². The predicted molar refractivity (Wildman–Crippen MR) is 121 cm³/mol. The van der Waals surface area contributed by atoms with E-state index in [1.54, 1.807) is 6.92 Å². The first-order chi connectivity index (χ1) is 16.1. The quantitative estimate of drug-likeness (QED) is 0.517. The van der Waals surface area contributed by atoms with Gasteiger partial charge < -0.3 is 15.3 Å². The van der Waals surface area contributed by atoms with Gasteiger partial charge in [0.2, 0.25) is 5.91 Å². The van der Waals surface area contributed by atoms with Crippen molar-refractivity contribution in [1.29, 1.82) is 0 Å². The molecule has 8 heteroatoms. The Labute approximate surface area is 198 Å². The molecule has 2 saturated carbocycles. The zero-order chi connectivity index (χ0) is 24.5. The fraction of sp³-hybridized carbons (Fsp3) is 0.654. The van der Waals surface area contributed by atoms with Crippen LogP contribution in [0, 0.1) is 11.7 Å². The SMILES string of the molecule is CC1=C(C(=O)NC2CCCCC2)CC(c2cc(C(F)(F)F)ccc2F)N1C[C@H]1CCCC[C@H]1O. The molecule has 4 rings (SSSR count). The first-order valence-corrected chi connectivity index (χ1v) is 12.5. The van der Waals surface area contributed by atoms with Crippen LogP contribution >= 0.6 is 0 Å². The van der Waals surface area contributed by atoms with Crippen molar-refractivity contribution in [3.63, 3.8) is 0 Å². The van der Waals surface area contributed by atoms with Crippen LogP contribution in [0.1, 0.15) is 88.3 Å². The van der Waals surface area contributed by atoms with Crippen LogP contribution in [0.25, 0.3) is 0 Å². The first-order valence-electron chi connectivity index (χ1n) is 12.5. The molecule has 2 aliphatic carbocycles. The van der Waals surface area contributed by atoms with Crippen LogP contribution in [0.4, 0.5) is 17.6 Å². The van der Waals surface area contributed by atoms with Gasteiger partial charge in [0.05, 0.1) is 17.7 Å². The highest BCUT2D eigenvalue weighted by Gasteiger charge is 2.39. The fourth-order valence-corrected chi connectivity index (χ4v) is 5.81. The molecule has 0 radical (unpaired) electrons. The average molecular weight is 483 g/mol. The summed E-state index contributed by atoms with van der Waals surface area (Å²) in [7, 11) is 0. The van der Waals surface area contributed by atoms with Crippen LogP contribution in [-0.2, 0) is 11.0 Å². The summed E-state index contributed by atoms with van der Waals surface area (Å²) in [6.07, 6.45) is 3.55. The van der Waals surface area contributed by atoms with Gasteiger partial charge in [-0.3, -0.25) is 4.79 Å². The minimum atomic E-state index is -4.59. The van der Waals surface area contributed by atoms with Crippen LogP contribution in [0.2, 0.25) is 0 Å². The van der Waals surface area contributed by atoms with Crippen molar-refractivity contribution in [1.82, 2.24) is 10.2 Å². The normalized spacial score (nSPS) is 26.8. The van der Waals surface area contributed by atoms with Gasteiger partial charge in [0.1, 0.15) is 5.82 Å². The van der Waals surface area contributed by atoms with Crippen LogP contribution < -0.4 is 5.32 Å². The van der Waals surface area contributed by atoms with Gasteiger partial charge in [0.15, 0.2) is 0 Å². The van der Waals surface area contributed by atoms with Gasteiger partial charge in [-0.25, -0.2) is 4.39 Å². The van der Waals surface area contributed by atoms with Gasteiger partial charge >= 0.3 is 6.18 Å². The number of nitrogens with one attached hydrogen (secondary N) is 1. The van der Waals surface area contributed by atoms with Crippen LogP contribution in [-0.4, -0.2) is 34.6 Å². The maximum absolute atomic E-state index is 14.9. The number of amides is 1. The van der Waals surface area contributed by atoms with Gasteiger partial charge in [0, 0.05) is 41.8 Å². The number of rotatable bonds is 5. The zero-order valence-corrected chi connectivity index (χ0v) is 19.6. The monoisotopic (exact) mass is 482 g/mol. The van der Waals surface area contributed by atoms with E-state index in [1.165, 1.54) is 0 Å². The van der Waals surface area contributed by atoms with E-state index in [-0.39, 0.29) is 29.9 Å². The van der Waals surface area contributed by atoms with E-state index in [0.717, 1.165) is 69.6 Å². The topological polar surface area (TPSA) is 52.6 Å². The van der Waals surface area contributed by atoms with Crippen molar-refractivity contribution in [3.05, 3.63) is 46.4 Å². The number of nitrogens with zero attached hydrogens (tertiary/aromatic N) is 1. The van der Waals surface area contributed by atoms with E-state index in [1.807, 2.05) is 4.90 Å². The van der Waals surface area contributed by atoms with Crippen molar-refractivity contribution in [2.24, 2.45) is 5.92 Å². The average Bonchev–Trinajstić information content (AvgIpc) is 3.11. The summed E-state index contributed by atoms with van der Waals surface area (Å²) in [5.74, 6) is -0.997. The summed E-state index contributed by atoms with van der Waals surface area (Å²) in [5.41, 5.74) is 0.199. The Balaban J connectivity index is 1.64.